The standard InChI is InChI=1S/C16H22N6O/c1-11-7-18-4-3-14(11)19-8-12-5-13(23-2)9-22(12)16-6-15(17)20-10-21-16/h3-4,6-7,10,12-13H,5,8-9H2,1-2H3,(H,18,19)(H2,17,20,21)/t12-,13-/m1/s1. The number of pyridine rings is 1. The van der Waals surface area contributed by atoms with Gasteiger partial charge in [0, 0.05) is 44.3 Å². The van der Waals surface area contributed by atoms with Crippen molar-refractivity contribution in [2.45, 2.75) is 25.5 Å². The quantitative estimate of drug-likeness (QED) is 0.863. The number of aromatic nitrogens is 3. The van der Waals surface area contributed by atoms with Crippen molar-refractivity contribution in [3.63, 3.8) is 0 Å². The molecule has 3 N–H and O–H groups in total. The molecule has 0 aliphatic carbocycles. The first kappa shape index (κ1) is 15.5. The molecule has 0 saturated carbocycles. The van der Waals surface area contributed by atoms with Crippen LogP contribution in [0, 0.1) is 6.92 Å². The summed E-state index contributed by atoms with van der Waals surface area (Å²) in [6, 6.07) is 4.08. The monoisotopic (exact) mass is 314 g/mol. The van der Waals surface area contributed by atoms with Crippen LogP contribution in [0.4, 0.5) is 17.3 Å². The number of anilines is 3. The highest BCUT2D eigenvalue weighted by atomic mass is 16.5. The van der Waals surface area contributed by atoms with Crippen LogP contribution in [0.3, 0.4) is 0 Å². The molecule has 3 rings (SSSR count). The highest BCUT2D eigenvalue weighted by molar-refractivity contribution is 5.51. The molecule has 1 aliphatic rings. The Bertz CT molecular complexity index is 665. The fraction of sp³-hybridized carbons (Fsp3) is 0.438. The van der Waals surface area contributed by atoms with E-state index in [4.69, 9.17) is 10.5 Å². The minimum atomic E-state index is 0.191. The number of ether oxygens (including phenoxy) is 1. The first-order valence-electron chi connectivity index (χ1n) is 7.69. The second-order valence-corrected chi connectivity index (χ2v) is 5.77. The van der Waals surface area contributed by atoms with E-state index in [-0.39, 0.29) is 12.1 Å². The molecule has 122 valence electrons. The fourth-order valence-electron chi connectivity index (χ4n) is 2.94. The van der Waals surface area contributed by atoms with Gasteiger partial charge in [-0.3, -0.25) is 4.98 Å². The number of nitrogens with two attached hydrogens (primary N) is 1. The van der Waals surface area contributed by atoms with E-state index in [0.717, 1.165) is 36.6 Å². The van der Waals surface area contributed by atoms with Gasteiger partial charge in [0.1, 0.15) is 18.0 Å². The van der Waals surface area contributed by atoms with Crippen LogP contribution in [0.2, 0.25) is 0 Å². The molecular formula is C16H22N6O. The molecule has 23 heavy (non-hydrogen) atoms. The van der Waals surface area contributed by atoms with Gasteiger partial charge in [0.2, 0.25) is 0 Å². The minimum Gasteiger partial charge on any atom is -0.384 e. The lowest BCUT2D eigenvalue weighted by Crippen LogP contribution is -2.35. The third-order valence-corrected chi connectivity index (χ3v) is 4.23. The zero-order valence-electron chi connectivity index (χ0n) is 13.4. The van der Waals surface area contributed by atoms with Gasteiger partial charge < -0.3 is 20.7 Å². The SMILES string of the molecule is CO[C@@H]1C[C@H](CNc2ccncc2C)N(c2cc(N)ncn2)C1. The van der Waals surface area contributed by atoms with E-state index in [9.17, 15) is 0 Å². The van der Waals surface area contributed by atoms with Gasteiger partial charge in [-0.15, -0.1) is 0 Å². The van der Waals surface area contributed by atoms with E-state index in [0.29, 0.717) is 5.82 Å². The Morgan fingerprint density at radius 3 is 3.04 bits per heavy atom. The average molecular weight is 314 g/mol. The molecule has 0 radical (unpaired) electrons. The maximum atomic E-state index is 5.79. The van der Waals surface area contributed by atoms with Gasteiger partial charge >= 0.3 is 0 Å². The van der Waals surface area contributed by atoms with Crippen molar-refractivity contribution in [1.29, 1.82) is 0 Å². The van der Waals surface area contributed by atoms with Gasteiger partial charge in [0.15, 0.2) is 0 Å². The van der Waals surface area contributed by atoms with Gasteiger partial charge in [-0.05, 0) is 25.0 Å². The third kappa shape index (κ3) is 3.50. The molecule has 0 unspecified atom stereocenters. The molecule has 1 aliphatic heterocycles. The van der Waals surface area contributed by atoms with Gasteiger partial charge in [0.05, 0.1) is 12.1 Å². The van der Waals surface area contributed by atoms with E-state index in [1.807, 2.05) is 25.3 Å². The van der Waals surface area contributed by atoms with Gasteiger partial charge in [0.25, 0.3) is 0 Å². The van der Waals surface area contributed by atoms with Crippen molar-refractivity contribution in [3.05, 3.63) is 36.4 Å². The van der Waals surface area contributed by atoms with E-state index in [1.54, 1.807) is 13.3 Å². The number of hydrogen-bond donors (Lipinski definition) is 2. The van der Waals surface area contributed by atoms with Crippen molar-refractivity contribution in [1.82, 2.24) is 15.0 Å². The molecular weight excluding hydrogens is 292 g/mol. The van der Waals surface area contributed by atoms with E-state index in [2.05, 4.69) is 25.2 Å². The maximum absolute atomic E-state index is 5.79. The Balaban J connectivity index is 1.74. The summed E-state index contributed by atoms with van der Waals surface area (Å²) in [6.45, 7) is 3.65. The average Bonchev–Trinajstić information content (AvgIpc) is 2.97. The van der Waals surface area contributed by atoms with Gasteiger partial charge in [-0.1, -0.05) is 0 Å². The molecule has 0 bridgehead atoms. The normalized spacial score (nSPS) is 20.7. The number of rotatable bonds is 5. The van der Waals surface area contributed by atoms with Gasteiger partial charge in [-0.2, -0.15) is 0 Å². The molecule has 1 saturated heterocycles. The molecule has 7 nitrogen and oxygen atoms in total. The van der Waals surface area contributed by atoms with E-state index in [1.165, 1.54) is 6.33 Å². The van der Waals surface area contributed by atoms with Crippen LogP contribution in [0.5, 0.6) is 0 Å². The van der Waals surface area contributed by atoms with Crippen LogP contribution < -0.4 is 16.0 Å². The van der Waals surface area contributed by atoms with Crippen LogP contribution in [0.1, 0.15) is 12.0 Å². The lowest BCUT2D eigenvalue weighted by Gasteiger charge is -2.26. The molecule has 2 aromatic heterocycles. The number of nitrogen functional groups attached to an aromatic ring is 1. The Kier molecular flexibility index (Phi) is 4.57. The molecule has 2 aromatic rings. The van der Waals surface area contributed by atoms with Crippen molar-refractivity contribution < 1.29 is 4.74 Å². The lowest BCUT2D eigenvalue weighted by atomic mass is 10.2. The number of nitrogens with one attached hydrogen (secondary N) is 1. The highest BCUT2D eigenvalue weighted by Gasteiger charge is 2.33. The van der Waals surface area contributed by atoms with Crippen molar-refractivity contribution in [3.8, 4) is 0 Å². The smallest absolute Gasteiger partial charge is 0.134 e. The number of hydrogen-bond acceptors (Lipinski definition) is 7. The molecule has 7 heteroatoms. The van der Waals surface area contributed by atoms with Crippen molar-refractivity contribution >= 4 is 17.3 Å². The van der Waals surface area contributed by atoms with Crippen LogP contribution in [0.15, 0.2) is 30.9 Å². The van der Waals surface area contributed by atoms with E-state index >= 15 is 0 Å². The summed E-state index contributed by atoms with van der Waals surface area (Å²) >= 11 is 0. The summed E-state index contributed by atoms with van der Waals surface area (Å²) in [5.41, 5.74) is 8.02. The second-order valence-electron chi connectivity index (χ2n) is 5.77. The summed E-state index contributed by atoms with van der Waals surface area (Å²) < 4.78 is 5.55. The molecule has 1 fully saturated rings. The summed E-state index contributed by atoms with van der Waals surface area (Å²) in [5, 5.41) is 3.50. The summed E-state index contributed by atoms with van der Waals surface area (Å²) in [4.78, 5) is 14.7. The molecule has 0 aromatic carbocycles. The second kappa shape index (κ2) is 6.78. The zero-order valence-corrected chi connectivity index (χ0v) is 13.4. The Morgan fingerprint density at radius 1 is 1.43 bits per heavy atom. The molecule has 0 amide bonds. The first-order chi connectivity index (χ1) is 11.2. The molecule has 2 atom stereocenters. The predicted molar refractivity (Wildman–Crippen MR) is 90.5 cm³/mol. The largest absolute Gasteiger partial charge is 0.384 e. The van der Waals surface area contributed by atoms with Crippen LogP contribution in [-0.4, -0.2) is 47.3 Å². The summed E-state index contributed by atoms with van der Waals surface area (Å²) in [7, 11) is 1.75. The highest BCUT2D eigenvalue weighted by Crippen LogP contribution is 2.26. The molecule has 3 heterocycles. The first-order valence-corrected chi connectivity index (χ1v) is 7.69. The zero-order chi connectivity index (χ0) is 16.2. The van der Waals surface area contributed by atoms with Crippen LogP contribution in [-0.2, 0) is 4.74 Å². The van der Waals surface area contributed by atoms with E-state index < -0.39 is 0 Å². The fourth-order valence-corrected chi connectivity index (χ4v) is 2.94. The number of methoxy groups -OCH3 is 1. The van der Waals surface area contributed by atoms with Crippen molar-refractivity contribution in [2.24, 2.45) is 0 Å². The Morgan fingerprint density at radius 2 is 2.30 bits per heavy atom. The third-order valence-electron chi connectivity index (χ3n) is 4.23. The minimum absolute atomic E-state index is 0.191. The lowest BCUT2D eigenvalue weighted by molar-refractivity contribution is 0.118. The molecule has 0 spiro atoms. The Hall–Kier alpha value is -2.41. The number of nitrogens with zero attached hydrogens (tertiary/aromatic N) is 4. The van der Waals surface area contributed by atoms with Crippen molar-refractivity contribution in [2.75, 3.05) is 36.1 Å². The van der Waals surface area contributed by atoms with Crippen LogP contribution in [0.25, 0.3) is 0 Å². The summed E-state index contributed by atoms with van der Waals surface area (Å²) in [5.74, 6) is 1.32. The predicted octanol–water partition coefficient (Wildman–Crippen LogP) is 1.47. The van der Waals surface area contributed by atoms with Crippen LogP contribution >= 0.6 is 0 Å². The summed E-state index contributed by atoms with van der Waals surface area (Å²) in [6.07, 6.45) is 6.29. The Labute approximate surface area is 135 Å². The maximum Gasteiger partial charge on any atom is 0.134 e. The topological polar surface area (TPSA) is 89.2 Å². The van der Waals surface area contributed by atoms with Gasteiger partial charge in [-0.25, -0.2) is 9.97 Å². The number of aryl methyl sites for hydroxylation is 1.